The van der Waals surface area contributed by atoms with Crippen LogP contribution in [0.1, 0.15) is 12.0 Å². The van der Waals surface area contributed by atoms with E-state index in [1.54, 1.807) is 6.08 Å². The summed E-state index contributed by atoms with van der Waals surface area (Å²) in [7, 11) is 0. The van der Waals surface area contributed by atoms with E-state index >= 15 is 0 Å². The van der Waals surface area contributed by atoms with Gasteiger partial charge in [-0.2, -0.15) is 0 Å². The molecule has 1 aliphatic carbocycles. The number of phenolic OH excluding ortho intramolecular Hbond substituents is 2. The maximum atomic E-state index is 10.2. The molecule has 1 aromatic rings. The van der Waals surface area contributed by atoms with Crippen LogP contribution >= 0.6 is 0 Å². The summed E-state index contributed by atoms with van der Waals surface area (Å²) in [6.07, 6.45) is 0.704. The molecule has 1 aliphatic heterocycles. The van der Waals surface area contributed by atoms with Gasteiger partial charge in [-0.1, -0.05) is 6.08 Å². The first-order valence-electron chi connectivity index (χ1n) is 6.63. The molecular formula is C15H16O6. The highest BCUT2D eigenvalue weighted by Crippen LogP contribution is 2.40. The van der Waals surface area contributed by atoms with Crippen LogP contribution < -0.4 is 4.74 Å². The van der Waals surface area contributed by atoms with Crippen molar-refractivity contribution in [1.29, 1.82) is 0 Å². The van der Waals surface area contributed by atoms with E-state index in [1.807, 2.05) is 0 Å². The Morgan fingerprint density at radius 3 is 2.48 bits per heavy atom. The molecule has 0 saturated heterocycles. The molecule has 6 heteroatoms. The fourth-order valence-electron chi connectivity index (χ4n) is 2.69. The summed E-state index contributed by atoms with van der Waals surface area (Å²) in [5, 5.41) is 48.6. The Bertz CT molecular complexity index is 633. The second-order valence-corrected chi connectivity index (χ2v) is 5.30. The van der Waals surface area contributed by atoms with E-state index in [2.05, 4.69) is 0 Å². The summed E-state index contributed by atoms with van der Waals surface area (Å²) in [5.41, 5.74) is 1.08. The second kappa shape index (κ2) is 4.98. The molecule has 0 radical (unpaired) electrons. The molecule has 3 atom stereocenters. The van der Waals surface area contributed by atoms with Crippen LogP contribution in [0.3, 0.4) is 0 Å². The lowest BCUT2D eigenvalue weighted by Crippen LogP contribution is -2.40. The van der Waals surface area contributed by atoms with Crippen LogP contribution in [0.25, 0.3) is 0 Å². The minimum Gasteiger partial charge on any atom is -0.510 e. The van der Waals surface area contributed by atoms with E-state index in [-0.39, 0.29) is 30.1 Å². The Morgan fingerprint density at radius 1 is 1.00 bits per heavy atom. The number of phenols is 2. The van der Waals surface area contributed by atoms with Crippen LogP contribution in [0.5, 0.6) is 17.2 Å². The highest BCUT2D eigenvalue weighted by atomic mass is 16.5. The maximum absolute atomic E-state index is 10.2. The topological polar surface area (TPSA) is 110 Å². The van der Waals surface area contributed by atoms with Gasteiger partial charge in [0.2, 0.25) is 0 Å². The largest absolute Gasteiger partial charge is 0.510 e. The first kappa shape index (κ1) is 13.8. The van der Waals surface area contributed by atoms with Gasteiger partial charge in [-0.25, -0.2) is 0 Å². The number of rotatable bonds is 1. The van der Waals surface area contributed by atoms with Gasteiger partial charge in [-0.3, -0.25) is 0 Å². The third-order valence-corrected chi connectivity index (χ3v) is 3.79. The van der Waals surface area contributed by atoms with Gasteiger partial charge >= 0.3 is 0 Å². The minimum atomic E-state index is -1.01. The third kappa shape index (κ3) is 2.43. The van der Waals surface area contributed by atoms with Crippen molar-refractivity contribution in [3.63, 3.8) is 0 Å². The van der Waals surface area contributed by atoms with E-state index in [9.17, 15) is 25.5 Å². The van der Waals surface area contributed by atoms with Gasteiger partial charge in [0.1, 0.15) is 35.2 Å². The van der Waals surface area contributed by atoms with Crippen LogP contribution in [0, 0.1) is 0 Å². The van der Waals surface area contributed by atoms with Crippen molar-refractivity contribution in [2.75, 3.05) is 0 Å². The molecular weight excluding hydrogens is 276 g/mol. The zero-order valence-electron chi connectivity index (χ0n) is 11.1. The number of allylic oxidation sites excluding steroid dienone is 2. The van der Waals surface area contributed by atoms with Crippen molar-refractivity contribution in [2.45, 2.75) is 31.2 Å². The molecule has 0 saturated carbocycles. The number of fused-ring (bicyclic) bond motifs is 1. The first-order valence-corrected chi connectivity index (χ1v) is 6.63. The zero-order valence-corrected chi connectivity index (χ0v) is 11.1. The summed E-state index contributed by atoms with van der Waals surface area (Å²) in [6.45, 7) is 0. The molecule has 112 valence electrons. The molecule has 0 amide bonds. The molecule has 0 aromatic heterocycles. The Hall–Kier alpha value is -2.18. The lowest BCUT2D eigenvalue weighted by atomic mass is 9.89. The van der Waals surface area contributed by atoms with Crippen molar-refractivity contribution in [1.82, 2.24) is 0 Å². The van der Waals surface area contributed by atoms with Crippen molar-refractivity contribution in [3.05, 3.63) is 41.2 Å². The van der Waals surface area contributed by atoms with Gasteiger partial charge in [-0.05, 0) is 11.6 Å². The Labute approximate surface area is 120 Å². The SMILES string of the molecule is OC1=CC=C([C@@H]2Oc3cc(O)cc(O)c3C[C@H]2O)CC1O. The van der Waals surface area contributed by atoms with Crippen molar-refractivity contribution < 1.29 is 30.3 Å². The number of aliphatic hydroxyl groups excluding tert-OH is 3. The number of hydrogen-bond donors (Lipinski definition) is 5. The zero-order chi connectivity index (χ0) is 15.1. The minimum absolute atomic E-state index is 0.125. The highest BCUT2D eigenvalue weighted by Gasteiger charge is 2.35. The van der Waals surface area contributed by atoms with Crippen molar-refractivity contribution in [2.24, 2.45) is 0 Å². The molecule has 0 bridgehead atoms. The van der Waals surface area contributed by atoms with E-state index in [1.165, 1.54) is 18.2 Å². The molecule has 0 spiro atoms. The van der Waals surface area contributed by atoms with E-state index in [0.717, 1.165) is 0 Å². The van der Waals surface area contributed by atoms with Gasteiger partial charge in [0, 0.05) is 30.5 Å². The number of ether oxygens (including phenoxy) is 1. The summed E-state index contributed by atoms with van der Waals surface area (Å²) in [6, 6.07) is 2.57. The van der Waals surface area contributed by atoms with E-state index in [4.69, 9.17) is 4.74 Å². The maximum Gasteiger partial charge on any atom is 0.146 e. The predicted molar refractivity (Wildman–Crippen MR) is 73.3 cm³/mol. The van der Waals surface area contributed by atoms with Gasteiger partial charge in [0.05, 0.1) is 6.10 Å². The summed E-state index contributed by atoms with van der Waals surface area (Å²) in [4.78, 5) is 0. The fourth-order valence-corrected chi connectivity index (χ4v) is 2.69. The van der Waals surface area contributed by atoms with Gasteiger partial charge in [0.25, 0.3) is 0 Å². The van der Waals surface area contributed by atoms with Gasteiger partial charge < -0.3 is 30.3 Å². The molecule has 5 N–H and O–H groups in total. The smallest absolute Gasteiger partial charge is 0.146 e. The quantitative estimate of drug-likeness (QED) is 0.526. The van der Waals surface area contributed by atoms with Gasteiger partial charge in [-0.15, -0.1) is 0 Å². The molecule has 1 aromatic carbocycles. The molecule has 1 heterocycles. The predicted octanol–water partition coefficient (Wildman–Crippen LogP) is 0.895. The van der Waals surface area contributed by atoms with Crippen molar-refractivity contribution in [3.8, 4) is 17.2 Å². The summed E-state index contributed by atoms with van der Waals surface area (Å²) in [5.74, 6) is -0.0778. The second-order valence-electron chi connectivity index (χ2n) is 5.30. The highest BCUT2D eigenvalue weighted by molar-refractivity contribution is 5.51. The average Bonchev–Trinajstić information content (AvgIpc) is 2.42. The number of benzene rings is 1. The lowest BCUT2D eigenvalue weighted by molar-refractivity contribution is 0.0346. The molecule has 1 unspecified atom stereocenters. The molecule has 3 rings (SSSR count). The normalized spacial score (nSPS) is 28.2. The number of hydrogen-bond acceptors (Lipinski definition) is 6. The fraction of sp³-hybridized carbons (Fsp3) is 0.333. The van der Waals surface area contributed by atoms with Crippen LogP contribution in [0.15, 0.2) is 35.6 Å². The van der Waals surface area contributed by atoms with Crippen LogP contribution in [0.2, 0.25) is 0 Å². The van der Waals surface area contributed by atoms with Crippen LogP contribution in [-0.4, -0.2) is 43.8 Å². The van der Waals surface area contributed by atoms with Crippen LogP contribution in [0.4, 0.5) is 0 Å². The average molecular weight is 292 g/mol. The molecule has 0 fully saturated rings. The van der Waals surface area contributed by atoms with E-state index < -0.39 is 18.3 Å². The van der Waals surface area contributed by atoms with Gasteiger partial charge in [0.15, 0.2) is 0 Å². The standard InChI is InChI=1S/C15H16O6/c16-8-4-11(18)9-6-13(20)15(21-14(9)5-8)7-1-2-10(17)12(19)3-7/h1-2,4-5,12-13,15-20H,3,6H2/t12?,13-,15+/m1/s1. The lowest BCUT2D eigenvalue weighted by Gasteiger charge is -2.34. The Balaban J connectivity index is 1.93. The monoisotopic (exact) mass is 292 g/mol. The number of aromatic hydroxyl groups is 2. The molecule has 21 heavy (non-hydrogen) atoms. The summed E-state index contributed by atoms with van der Waals surface area (Å²) < 4.78 is 5.67. The number of aliphatic hydroxyl groups is 3. The molecule has 6 nitrogen and oxygen atoms in total. The molecule has 2 aliphatic rings. The van der Waals surface area contributed by atoms with Crippen molar-refractivity contribution >= 4 is 0 Å². The first-order chi connectivity index (χ1) is 9.95. The third-order valence-electron chi connectivity index (χ3n) is 3.79. The Kier molecular flexibility index (Phi) is 3.27. The van der Waals surface area contributed by atoms with Crippen LogP contribution in [-0.2, 0) is 6.42 Å². The van der Waals surface area contributed by atoms with E-state index in [0.29, 0.717) is 16.9 Å². The summed E-state index contributed by atoms with van der Waals surface area (Å²) >= 11 is 0. The Morgan fingerprint density at radius 2 is 1.76 bits per heavy atom.